The van der Waals surface area contributed by atoms with E-state index < -0.39 is 0 Å². The van der Waals surface area contributed by atoms with Crippen LogP contribution in [0.2, 0.25) is 5.02 Å². The van der Waals surface area contributed by atoms with Crippen LogP contribution in [-0.4, -0.2) is 0 Å². The van der Waals surface area contributed by atoms with Crippen molar-refractivity contribution in [1.29, 1.82) is 5.26 Å². The Hall–Kier alpha value is -0.790. The molecule has 5 heteroatoms. The number of thiophene rings is 2. The van der Waals surface area contributed by atoms with Crippen LogP contribution in [0, 0.1) is 18.3 Å². The minimum atomic E-state index is 0.429. The highest BCUT2D eigenvalue weighted by Crippen LogP contribution is 2.39. The highest BCUT2D eigenvalue weighted by Gasteiger charge is 2.15. The van der Waals surface area contributed by atoms with Crippen molar-refractivity contribution in [3.05, 3.63) is 43.2 Å². The molecule has 0 bridgehead atoms. The Morgan fingerprint density at radius 2 is 2.18 bits per heavy atom. The normalized spacial score (nSPS) is 12.1. The van der Waals surface area contributed by atoms with Crippen molar-refractivity contribution < 1.29 is 0 Å². The molecule has 2 heterocycles. The third-order valence-corrected chi connectivity index (χ3v) is 5.29. The minimum Gasteiger partial charge on any atom is -0.192 e. The molecule has 2 aromatic heterocycles. The molecule has 2 aromatic rings. The van der Waals surface area contributed by atoms with Gasteiger partial charge in [-0.15, -0.1) is 22.7 Å². The van der Waals surface area contributed by atoms with Crippen LogP contribution in [0.3, 0.4) is 0 Å². The van der Waals surface area contributed by atoms with E-state index in [1.807, 2.05) is 29.8 Å². The molecule has 86 valence electrons. The van der Waals surface area contributed by atoms with Crippen molar-refractivity contribution in [2.75, 3.05) is 0 Å². The van der Waals surface area contributed by atoms with Gasteiger partial charge in [-0.25, -0.2) is 0 Å². The van der Waals surface area contributed by atoms with E-state index >= 15 is 0 Å². The molecule has 0 N–H and O–H groups in total. The van der Waals surface area contributed by atoms with E-state index in [-0.39, 0.29) is 0 Å². The maximum Gasteiger partial charge on any atom is 0.102 e. The van der Waals surface area contributed by atoms with Crippen LogP contribution in [0.15, 0.2) is 22.9 Å². The van der Waals surface area contributed by atoms with Gasteiger partial charge in [0.25, 0.3) is 0 Å². The number of rotatable bonds is 2. The Morgan fingerprint density at radius 3 is 2.65 bits per heavy atom. The van der Waals surface area contributed by atoms with Gasteiger partial charge in [0, 0.05) is 4.88 Å². The zero-order valence-electron chi connectivity index (χ0n) is 8.83. The van der Waals surface area contributed by atoms with Crippen LogP contribution >= 0.6 is 45.9 Å². The molecule has 0 unspecified atom stereocenters. The predicted molar refractivity (Wildman–Crippen MR) is 76.7 cm³/mol. The fourth-order valence-electron chi connectivity index (χ4n) is 1.32. The molecule has 0 saturated carbocycles. The van der Waals surface area contributed by atoms with Crippen molar-refractivity contribution in [2.45, 2.75) is 6.92 Å². The fraction of sp³-hybridized carbons (Fsp3) is 0.0833. The summed E-state index contributed by atoms with van der Waals surface area (Å²) in [6.45, 7) is 1.92. The number of aryl methyl sites for hydroxylation is 1. The van der Waals surface area contributed by atoms with Gasteiger partial charge in [0.15, 0.2) is 0 Å². The summed E-state index contributed by atoms with van der Waals surface area (Å²) < 4.78 is 0. The van der Waals surface area contributed by atoms with Crippen LogP contribution in [0.1, 0.15) is 15.3 Å². The number of allylic oxidation sites excluding steroid dienone is 1. The second-order valence-electron chi connectivity index (χ2n) is 3.34. The number of hydrogen-bond acceptors (Lipinski definition) is 3. The Labute approximate surface area is 118 Å². The molecule has 0 saturated heterocycles. The summed E-state index contributed by atoms with van der Waals surface area (Å²) in [6, 6.07) is 5.91. The summed E-state index contributed by atoms with van der Waals surface area (Å²) >= 11 is 15.4. The summed E-state index contributed by atoms with van der Waals surface area (Å²) in [5, 5.41) is 14.1. The van der Waals surface area contributed by atoms with E-state index in [1.54, 1.807) is 0 Å². The van der Waals surface area contributed by atoms with E-state index in [4.69, 9.17) is 23.2 Å². The zero-order valence-corrected chi connectivity index (χ0v) is 12.0. The van der Waals surface area contributed by atoms with Crippen molar-refractivity contribution >= 4 is 56.5 Å². The lowest BCUT2D eigenvalue weighted by Gasteiger charge is -2.00. The molecule has 0 aromatic carbocycles. The van der Waals surface area contributed by atoms with Gasteiger partial charge in [-0.2, -0.15) is 5.26 Å². The van der Waals surface area contributed by atoms with E-state index in [2.05, 4.69) is 6.07 Å². The van der Waals surface area contributed by atoms with Gasteiger partial charge in [-0.3, -0.25) is 0 Å². The first-order valence-corrected chi connectivity index (χ1v) is 7.24. The topological polar surface area (TPSA) is 23.8 Å². The molecule has 0 spiro atoms. The van der Waals surface area contributed by atoms with Crippen LogP contribution in [0.5, 0.6) is 0 Å². The molecule has 0 radical (unpaired) electrons. The lowest BCUT2D eigenvalue weighted by molar-refractivity contribution is 1.53. The lowest BCUT2D eigenvalue weighted by atomic mass is 10.2. The van der Waals surface area contributed by atoms with E-state index in [0.29, 0.717) is 15.6 Å². The first-order chi connectivity index (χ1) is 8.15. The summed E-state index contributed by atoms with van der Waals surface area (Å²) in [7, 11) is 0. The van der Waals surface area contributed by atoms with Gasteiger partial charge in [0.2, 0.25) is 0 Å². The second kappa shape index (κ2) is 5.24. The minimum absolute atomic E-state index is 0.429. The van der Waals surface area contributed by atoms with Crippen molar-refractivity contribution in [3.63, 3.8) is 0 Å². The number of nitriles is 1. The molecule has 0 aliphatic carbocycles. The third-order valence-electron chi connectivity index (χ3n) is 2.20. The molecule has 17 heavy (non-hydrogen) atoms. The van der Waals surface area contributed by atoms with Gasteiger partial charge in [-0.05, 0) is 29.3 Å². The SMILES string of the molecule is Cc1csc(/C(Cl)=C(/C#N)c2cccs2)c1Cl. The van der Waals surface area contributed by atoms with Gasteiger partial charge < -0.3 is 0 Å². The summed E-state index contributed by atoms with van der Waals surface area (Å²) in [5.41, 5.74) is 1.46. The molecule has 1 nitrogen and oxygen atoms in total. The fourth-order valence-corrected chi connectivity index (χ4v) is 3.76. The van der Waals surface area contributed by atoms with Crippen molar-refractivity contribution in [2.24, 2.45) is 0 Å². The Bertz CT molecular complexity index is 603. The van der Waals surface area contributed by atoms with Crippen molar-refractivity contribution in [1.82, 2.24) is 0 Å². The van der Waals surface area contributed by atoms with Crippen molar-refractivity contribution in [3.8, 4) is 6.07 Å². The molecule has 0 fully saturated rings. The van der Waals surface area contributed by atoms with E-state index in [9.17, 15) is 5.26 Å². The van der Waals surface area contributed by atoms with Gasteiger partial charge >= 0.3 is 0 Å². The van der Waals surface area contributed by atoms with E-state index in [0.717, 1.165) is 15.3 Å². The first kappa shape index (κ1) is 12.7. The average Bonchev–Trinajstić information content (AvgIpc) is 2.92. The van der Waals surface area contributed by atoms with Gasteiger partial charge in [-0.1, -0.05) is 29.3 Å². The maximum absolute atomic E-state index is 9.20. The smallest absolute Gasteiger partial charge is 0.102 e. The largest absolute Gasteiger partial charge is 0.192 e. The third kappa shape index (κ3) is 2.41. The first-order valence-electron chi connectivity index (χ1n) is 4.73. The zero-order chi connectivity index (χ0) is 12.4. The van der Waals surface area contributed by atoms with Crippen LogP contribution in [-0.2, 0) is 0 Å². The highest BCUT2D eigenvalue weighted by molar-refractivity contribution is 7.13. The number of nitrogens with zero attached hydrogens (tertiary/aromatic N) is 1. The Kier molecular flexibility index (Phi) is 3.90. The summed E-state index contributed by atoms with van der Waals surface area (Å²) in [6.07, 6.45) is 0. The Morgan fingerprint density at radius 1 is 1.41 bits per heavy atom. The lowest BCUT2D eigenvalue weighted by Crippen LogP contribution is -1.81. The Balaban J connectivity index is 2.58. The standard InChI is InChI=1S/C12H7Cl2NS2/c1-7-6-17-12(10(7)13)11(14)8(5-15)9-3-2-4-16-9/h2-4,6H,1H3/b11-8+. The van der Waals surface area contributed by atoms with Gasteiger partial charge in [0.05, 0.1) is 20.5 Å². The molecule has 0 atom stereocenters. The van der Waals surface area contributed by atoms with Crippen LogP contribution < -0.4 is 0 Å². The number of hydrogen-bond donors (Lipinski definition) is 0. The maximum atomic E-state index is 9.20. The molecule has 0 aliphatic heterocycles. The molecule has 0 amide bonds. The molecule has 0 aliphatic rings. The van der Waals surface area contributed by atoms with Crippen LogP contribution in [0.4, 0.5) is 0 Å². The molecular formula is C12H7Cl2NS2. The highest BCUT2D eigenvalue weighted by atomic mass is 35.5. The molecular weight excluding hydrogens is 293 g/mol. The van der Waals surface area contributed by atoms with Crippen LogP contribution in [0.25, 0.3) is 10.6 Å². The monoisotopic (exact) mass is 299 g/mol. The number of halogens is 2. The summed E-state index contributed by atoms with van der Waals surface area (Å²) in [5.74, 6) is 0. The van der Waals surface area contributed by atoms with Gasteiger partial charge in [0.1, 0.15) is 6.07 Å². The predicted octanol–water partition coefficient (Wildman–Crippen LogP) is 5.40. The second-order valence-corrected chi connectivity index (χ2v) is 5.92. The van der Waals surface area contributed by atoms with E-state index in [1.165, 1.54) is 22.7 Å². The average molecular weight is 300 g/mol. The summed E-state index contributed by atoms with van der Waals surface area (Å²) in [4.78, 5) is 1.62. The quantitative estimate of drug-likeness (QED) is 0.681. The molecule has 2 rings (SSSR count).